The molecule has 0 aromatic carbocycles. The van der Waals surface area contributed by atoms with Gasteiger partial charge in [0.05, 0.1) is 18.3 Å². The Morgan fingerprint density at radius 3 is 2.83 bits per heavy atom. The molecular weight excluding hydrogens is 306 g/mol. The number of hydrogen-bond acceptors (Lipinski definition) is 5. The lowest BCUT2D eigenvalue weighted by atomic mass is 9.98. The maximum absolute atomic E-state index is 12.1. The molecule has 2 aliphatic rings. The van der Waals surface area contributed by atoms with Crippen LogP contribution in [0.15, 0.2) is 6.20 Å². The molecule has 1 aromatic rings. The summed E-state index contributed by atoms with van der Waals surface area (Å²) >= 11 is 0. The Morgan fingerprint density at radius 1 is 1.25 bits per heavy atom. The number of carbonyl (C=O) groups excluding carboxylic acids is 1. The Kier molecular flexibility index (Phi) is 6.60. The summed E-state index contributed by atoms with van der Waals surface area (Å²) in [6.07, 6.45) is 11.4. The molecule has 0 atom stereocenters. The van der Waals surface area contributed by atoms with E-state index in [9.17, 15) is 4.79 Å². The Hall–Kier alpha value is -1.47. The standard InChI is InChI=1S/C17H29N5O2/c23-17(19-9-4-12-24-15-5-2-1-3-6-15)16-13-22(21-20-16)14-7-10-18-11-8-14/h13-15,18H,1-12H2,(H,19,23). The predicted molar refractivity (Wildman–Crippen MR) is 90.9 cm³/mol. The summed E-state index contributed by atoms with van der Waals surface area (Å²) in [7, 11) is 0. The van der Waals surface area contributed by atoms with Gasteiger partial charge in [0.2, 0.25) is 0 Å². The number of nitrogens with zero attached hydrogens (tertiary/aromatic N) is 3. The molecule has 1 aliphatic heterocycles. The number of amides is 1. The van der Waals surface area contributed by atoms with Gasteiger partial charge in [-0.05, 0) is 45.2 Å². The van der Waals surface area contributed by atoms with Crippen molar-refractivity contribution in [1.82, 2.24) is 25.6 Å². The third-order valence-electron chi connectivity index (χ3n) is 4.94. The number of aromatic nitrogens is 3. The molecule has 2 heterocycles. The third-order valence-corrected chi connectivity index (χ3v) is 4.94. The van der Waals surface area contributed by atoms with Gasteiger partial charge in [0, 0.05) is 13.2 Å². The van der Waals surface area contributed by atoms with Crippen LogP contribution in [0.2, 0.25) is 0 Å². The number of carbonyl (C=O) groups is 1. The van der Waals surface area contributed by atoms with E-state index in [0.717, 1.165) is 32.4 Å². The minimum Gasteiger partial charge on any atom is -0.378 e. The highest BCUT2D eigenvalue weighted by molar-refractivity contribution is 5.91. The molecule has 1 saturated carbocycles. The van der Waals surface area contributed by atoms with Crippen LogP contribution in [0.5, 0.6) is 0 Å². The summed E-state index contributed by atoms with van der Waals surface area (Å²) in [5.74, 6) is -0.146. The molecule has 1 aliphatic carbocycles. The molecular formula is C17H29N5O2. The first-order valence-electron chi connectivity index (χ1n) is 9.35. The van der Waals surface area contributed by atoms with E-state index in [-0.39, 0.29) is 5.91 Å². The van der Waals surface area contributed by atoms with Gasteiger partial charge in [0.25, 0.3) is 5.91 Å². The Morgan fingerprint density at radius 2 is 2.04 bits per heavy atom. The van der Waals surface area contributed by atoms with Crippen molar-refractivity contribution < 1.29 is 9.53 Å². The molecule has 24 heavy (non-hydrogen) atoms. The highest BCUT2D eigenvalue weighted by Crippen LogP contribution is 2.20. The normalized spacial score (nSPS) is 20.2. The van der Waals surface area contributed by atoms with E-state index in [1.165, 1.54) is 32.1 Å². The van der Waals surface area contributed by atoms with E-state index in [4.69, 9.17) is 4.74 Å². The zero-order chi connectivity index (χ0) is 16.6. The van der Waals surface area contributed by atoms with Crippen molar-refractivity contribution in [1.29, 1.82) is 0 Å². The fraction of sp³-hybridized carbons (Fsp3) is 0.824. The SMILES string of the molecule is O=C(NCCCOC1CCCCC1)c1cn(C2CCNCC2)nn1. The zero-order valence-corrected chi connectivity index (χ0v) is 14.4. The predicted octanol–water partition coefficient (Wildman–Crippen LogP) is 1.67. The van der Waals surface area contributed by atoms with Crippen molar-refractivity contribution in [3.8, 4) is 0 Å². The maximum atomic E-state index is 12.1. The number of nitrogens with one attached hydrogen (secondary N) is 2. The molecule has 1 amide bonds. The second-order valence-electron chi connectivity index (χ2n) is 6.81. The van der Waals surface area contributed by atoms with Gasteiger partial charge in [0.1, 0.15) is 0 Å². The average molecular weight is 335 g/mol. The first-order valence-corrected chi connectivity index (χ1v) is 9.35. The van der Waals surface area contributed by atoms with Crippen molar-refractivity contribution in [3.63, 3.8) is 0 Å². The van der Waals surface area contributed by atoms with Gasteiger partial charge < -0.3 is 15.4 Å². The Labute approximate surface area is 143 Å². The molecule has 1 saturated heterocycles. The molecule has 0 bridgehead atoms. The molecule has 1 aromatic heterocycles. The summed E-state index contributed by atoms with van der Waals surface area (Å²) in [6.45, 7) is 3.32. The van der Waals surface area contributed by atoms with Crippen LogP contribution in [0.1, 0.15) is 67.9 Å². The van der Waals surface area contributed by atoms with Crippen molar-refractivity contribution in [3.05, 3.63) is 11.9 Å². The summed E-state index contributed by atoms with van der Waals surface area (Å²) < 4.78 is 7.70. The molecule has 2 fully saturated rings. The first-order chi connectivity index (χ1) is 11.8. The van der Waals surface area contributed by atoms with Gasteiger partial charge in [-0.2, -0.15) is 0 Å². The van der Waals surface area contributed by atoms with Gasteiger partial charge in [0.15, 0.2) is 5.69 Å². The minimum absolute atomic E-state index is 0.146. The smallest absolute Gasteiger partial charge is 0.273 e. The first kappa shape index (κ1) is 17.4. The van der Waals surface area contributed by atoms with Crippen LogP contribution >= 0.6 is 0 Å². The zero-order valence-electron chi connectivity index (χ0n) is 14.4. The molecule has 3 rings (SSSR count). The Bertz CT molecular complexity index is 507. The summed E-state index contributed by atoms with van der Waals surface area (Å²) in [6, 6.07) is 0.351. The lowest BCUT2D eigenvalue weighted by Crippen LogP contribution is -2.29. The van der Waals surface area contributed by atoms with Crippen molar-refractivity contribution in [2.45, 2.75) is 63.5 Å². The fourth-order valence-electron chi connectivity index (χ4n) is 3.48. The second-order valence-corrected chi connectivity index (χ2v) is 6.81. The highest BCUT2D eigenvalue weighted by Gasteiger charge is 2.18. The average Bonchev–Trinajstić information content (AvgIpc) is 3.13. The summed E-state index contributed by atoms with van der Waals surface area (Å²) in [4.78, 5) is 12.1. The summed E-state index contributed by atoms with van der Waals surface area (Å²) in [5.41, 5.74) is 0.404. The van der Waals surface area contributed by atoms with E-state index < -0.39 is 0 Å². The van der Waals surface area contributed by atoms with Gasteiger partial charge in [-0.25, -0.2) is 4.68 Å². The maximum Gasteiger partial charge on any atom is 0.273 e. The molecule has 7 heteroatoms. The number of piperidine rings is 1. The second kappa shape index (κ2) is 9.13. The molecule has 0 unspecified atom stereocenters. The number of ether oxygens (including phenoxy) is 1. The van der Waals surface area contributed by atoms with Crippen LogP contribution in [0.25, 0.3) is 0 Å². The van der Waals surface area contributed by atoms with Crippen LogP contribution in [0, 0.1) is 0 Å². The molecule has 0 spiro atoms. The van der Waals surface area contributed by atoms with E-state index >= 15 is 0 Å². The van der Waals surface area contributed by atoms with Gasteiger partial charge >= 0.3 is 0 Å². The fourth-order valence-corrected chi connectivity index (χ4v) is 3.48. The van der Waals surface area contributed by atoms with Crippen molar-refractivity contribution in [2.75, 3.05) is 26.2 Å². The molecule has 7 nitrogen and oxygen atoms in total. The lowest BCUT2D eigenvalue weighted by molar-refractivity contribution is 0.0273. The Balaban J connectivity index is 1.33. The van der Waals surface area contributed by atoms with Gasteiger partial charge in [-0.15, -0.1) is 5.10 Å². The van der Waals surface area contributed by atoms with E-state index in [2.05, 4.69) is 20.9 Å². The quantitative estimate of drug-likeness (QED) is 0.741. The van der Waals surface area contributed by atoms with Crippen LogP contribution in [-0.2, 0) is 4.74 Å². The lowest BCUT2D eigenvalue weighted by Gasteiger charge is -2.22. The number of rotatable bonds is 7. The molecule has 2 N–H and O–H groups in total. The molecule has 0 radical (unpaired) electrons. The topological polar surface area (TPSA) is 81.1 Å². The summed E-state index contributed by atoms with van der Waals surface area (Å²) in [5, 5.41) is 14.4. The van der Waals surface area contributed by atoms with Crippen LogP contribution in [0.3, 0.4) is 0 Å². The van der Waals surface area contributed by atoms with Gasteiger partial charge in [-0.3, -0.25) is 4.79 Å². The van der Waals surface area contributed by atoms with Crippen molar-refractivity contribution >= 4 is 5.91 Å². The van der Waals surface area contributed by atoms with Crippen LogP contribution < -0.4 is 10.6 Å². The monoisotopic (exact) mass is 335 g/mol. The van der Waals surface area contributed by atoms with Crippen LogP contribution in [0.4, 0.5) is 0 Å². The largest absolute Gasteiger partial charge is 0.378 e. The van der Waals surface area contributed by atoms with E-state index in [0.29, 0.717) is 31.0 Å². The van der Waals surface area contributed by atoms with Gasteiger partial charge in [-0.1, -0.05) is 24.5 Å². The highest BCUT2D eigenvalue weighted by atomic mass is 16.5. The van der Waals surface area contributed by atoms with Crippen molar-refractivity contribution in [2.24, 2.45) is 0 Å². The minimum atomic E-state index is -0.146. The number of hydrogen-bond donors (Lipinski definition) is 2. The molecule has 134 valence electrons. The third kappa shape index (κ3) is 5.01. The van der Waals surface area contributed by atoms with Crippen LogP contribution in [-0.4, -0.2) is 53.2 Å². The van der Waals surface area contributed by atoms with E-state index in [1.54, 1.807) is 6.20 Å². The van der Waals surface area contributed by atoms with E-state index in [1.807, 2.05) is 4.68 Å².